The number of aliphatic carboxylic acids is 2. The van der Waals surface area contributed by atoms with Crippen LogP contribution in [0.5, 0.6) is 0 Å². The number of hydrogen-bond donors (Lipinski definition) is 4. The first-order chi connectivity index (χ1) is 6.90. The van der Waals surface area contributed by atoms with Crippen molar-refractivity contribution >= 4 is 11.9 Å². The van der Waals surface area contributed by atoms with Gasteiger partial charge in [0.15, 0.2) is 6.29 Å². The Kier molecular flexibility index (Phi) is 11.9. The highest BCUT2D eigenvalue weighted by molar-refractivity contribution is 5.88. The fourth-order valence-corrected chi connectivity index (χ4v) is 0.706. The molecule has 0 amide bonds. The molecule has 6 nitrogen and oxygen atoms in total. The van der Waals surface area contributed by atoms with Gasteiger partial charge in [-0.1, -0.05) is 19.8 Å². The lowest BCUT2D eigenvalue weighted by Crippen LogP contribution is -2.03. The van der Waals surface area contributed by atoms with E-state index in [0.29, 0.717) is 6.42 Å². The van der Waals surface area contributed by atoms with E-state index in [4.69, 9.17) is 20.4 Å². The molecule has 0 unspecified atom stereocenters. The maximum atomic E-state index is 9.43. The molecule has 0 bridgehead atoms. The van der Waals surface area contributed by atoms with Crippen molar-refractivity contribution in [2.24, 2.45) is 0 Å². The minimum Gasteiger partial charge on any atom is -0.481 e. The van der Waals surface area contributed by atoms with Crippen molar-refractivity contribution in [2.45, 2.75) is 45.3 Å². The molecule has 0 aromatic heterocycles. The van der Waals surface area contributed by atoms with Crippen LogP contribution < -0.4 is 0 Å². The molecule has 90 valence electrons. The van der Waals surface area contributed by atoms with Gasteiger partial charge in [0.1, 0.15) is 6.42 Å². The average molecular weight is 222 g/mol. The normalized spacial score (nSPS) is 9.33. The molecule has 0 aromatic rings. The number of aliphatic hydroxyl groups excluding tert-OH is 1. The first kappa shape index (κ1) is 16.3. The van der Waals surface area contributed by atoms with E-state index < -0.39 is 24.6 Å². The molecule has 0 saturated heterocycles. The SMILES string of the molecule is CCCCCC(O)O.O=C(O)CC(=O)O. The number of rotatable bonds is 6. The zero-order valence-electron chi connectivity index (χ0n) is 8.72. The van der Waals surface area contributed by atoms with E-state index >= 15 is 0 Å². The Balaban J connectivity index is 0. The van der Waals surface area contributed by atoms with Gasteiger partial charge in [-0.05, 0) is 12.8 Å². The highest BCUT2D eigenvalue weighted by Crippen LogP contribution is 1.99. The topological polar surface area (TPSA) is 115 Å². The molecule has 6 heteroatoms. The Morgan fingerprint density at radius 1 is 1.07 bits per heavy atom. The highest BCUT2D eigenvalue weighted by atomic mass is 16.5. The Labute approximate surface area is 88.2 Å². The third kappa shape index (κ3) is 24.6. The molecule has 0 aliphatic heterocycles. The van der Waals surface area contributed by atoms with Crippen LogP contribution >= 0.6 is 0 Å². The second kappa shape index (κ2) is 10.9. The Morgan fingerprint density at radius 2 is 1.53 bits per heavy atom. The van der Waals surface area contributed by atoms with Gasteiger partial charge in [-0.3, -0.25) is 9.59 Å². The summed E-state index contributed by atoms with van der Waals surface area (Å²) in [6, 6.07) is 0. The van der Waals surface area contributed by atoms with Gasteiger partial charge in [0, 0.05) is 0 Å². The molecule has 15 heavy (non-hydrogen) atoms. The minimum absolute atomic E-state index is 0.522. The molecule has 0 rings (SSSR count). The van der Waals surface area contributed by atoms with E-state index in [2.05, 4.69) is 6.92 Å². The van der Waals surface area contributed by atoms with Gasteiger partial charge in [0.2, 0.25) is 0 Å². The van der Waals surface area contributed by atoms with Crippen LogP contribution in [0.2, 0.25) is 0 Å². The van der Waals surface area contributed by atoms with Gasteiger partial charge < -0.3 is 20.4 Å². The summed E-state index contributed by atoms with van der Waals surface area (Å²) in [5, 5.41) is 32.1. The Hall–Kier alpha value is -1.14. The van der Waals surface area contributed by atoms with Crippen LogP contribution in [0.3, 0.4) is 0 Å². The van der Waals surface area contributed by atoms with Crippen LogP contribution in [0.1, 0.15) is 39.0 Å². The summed E-state index contributed by atoms with van der Waals surface area (Å²) in [6.07, 6.45) is 1.77. The number of unbranched alkanes of at least 4 members (excludes halogenated alkanes) is 2. The van der Waals surface area contributed by atoms with Gasteiger partial charge in [-0.2, -0.15) is 0 Å². The van der Waals surface area contributed by atoms with Crippen molar-refractivity contribution in [2.75, 3.05) is 0 Å². The van der Waals surface area contributed by atoms with E-state index in [1.165, 1.54) is 0 Å². The summed E-state index contributed by atoms with van der Waals surface area (Å²) in [5.41, 5.74) is 0. The first-order valence-electron chi connectivity index (χ1n) is 4.69. The second-order valence-corrected chi connectivity index (χ2v) is 2.94. The third-order valence-electron chi connectivity index (χ3n) is 1.37. The van der Waals surface area contributed by atoms with E-state index in [1.54, 1.807) is 0 Å². The van der Waals surface area contributed by atoms with E-state index in [9.17, 15) is 9.59 Å². The van der Waals surface area contributed by atoms with Crippen molar-refractivity contribution in [1.29, 1.82) is 0 Å². The number of hydrogen-bond acceptors (Lipinski definition) is 4. The van der Waals surface area contributed by atoms with Crippen molar-refractivity contribution in [3.63, 3.8) is 0 Å². The van der Waals surface area contributed by atoms with Crippen LogP contribution in [0.15, 0.2) is 0 Å². The summed E-state index contributed by atoms with van der Waals surface area (Å²) in [4.78, 5) is 18.9. The van der Waals surface area contributed by atoms with Crippen LogP contribution in [-0.2, 0) is 9.59 Å². The van der Waals surface area contributed by atoms with E-state index in [0.717, 1.165) is 19.3 Å². The maximum Gasteiger partial charge on any atom is 0.314 e. The van der Waals surface area contributed by atoms with Gasteiger partial charge in [-0.15, -0.1) is 0 Å². The predicted octanol–water partition coefficient (Wildman–Crippen LogP) is 0.423. The van der Waals surface area contributed by atoms with Crippen molar-refractivity contribution in [3.8, 4) is 0 Å². The van der Waals surface area contributed by atoms with Crippen LogP contribution in [0.4, 0.5) is 0 Å². The molecular formula is C9H18O6. The van der Waals surface area contributed by atoms with Crippen LogP contribution in [-0.4, -0.2) is 38.7 Å². The molecule has 0 aliphatic carbocycles. The van der Waals surface area contributed by atoms with Gasteiger partial charge >= 0.3 is 11.9 Å². The number of carboxylic acids is 2. The predicted molar refractivity (Wildman–Crippen MR) is 52.3 cm³/mol. The molecular weight excluding hydrogens is 204 g/mol. The second-order valence-electron chi connectivity index (χ2n) is 2.94. The van der Waals surface area contributed by atoms with E-state index in [-0.39, 0.29) is 0 Å². The average Bonchev–Trinajstić information content (AvgIpc) is 2.02. The molecule has 0 atom stereocenters. The molecule has 0 saturated carbocycles. The smallest absolute Gasteiger partial charge is 0.314 e. The molecule has 4 N–H and O–H groups in total. The maximum absolute atomic E-state index is 9.43. The fraction of sp³-hybridized carbons (Fsp3) is 0.778. The highest BCUT2D eigenvalue weighted by Gasteiger charge is 2.01. The lowest BCUT2D eigenvalue weighted by molar-refractivity contribution is -0.147. The number of aliphatic hydroxyl groups is 2. The number of carboxylic acid groups (broad SMARTS) is 2. The zero-order chi connectivity index (χ0) is 12.3. The van der Waals surface area contributed by atoms with Crippen LogP contribution in [0, 0.1) is 0 Å². The minimum atomic E-state index is -1.31. The van der Waals surface area contributed by atoms with Crippen molar-refractivity contribution in [3.05, 3.63) is 0 Å². The quantitative estimate of drug-likeness (QED) is 0.294. The summed E-state index contributed by atoms with van der Waals surface area (Å²) >= 11 is 0. The molecule has 0 aromatic carbocycles. The molecule has 0 spiro atoms. The van der Waals surface area contributed by atoms with Gasteiger partial charge in [0.05, 0.1) is 0 Å². The lowest BCUT2D eigenvalue weighted by atomic mass is 10.2. The summed E-state index contributed by atoms with van der Waals surface area (Å²) in [6.45, 7) is 2.09. The zero-order valence-corrected chi connectivity index (χ0v) is 8.72. The summed E-state index contributed by atoms with van der Waals surface area (Å²) < 4.78 is 0. The largest absolute Gasteiger partial charge is 0.481 e. The summed E-state index contributed by atoms with van der Waals surface area (Å²) in [7, 11) is 0. The van der Waals surface area contributed by atoms with Crippen molar-refractivity contribution in [1.82, 2.24) is 0 Å². The van der Waals surface area contributed by atoms with Crippen molar-refractivity contribution < 1.29 is 30.0 Å². The fourth-order valence-electron chi connectivity index (χ4n) is 0.706. The standard InChI is InChI=1S/C6H14O2.C3H4O4/c1-2-3-4-5-6(7)8;4-2(5)1-3(6)7/h6-8H,2-5H2,1H3;1H2,(H,4,5)(H,6,7). The Morgan fingerprint density at radius 3 is 1.73 bits per heavy atom. The molecule has 0 radical (unpaired) electrons. The van der Waals surface area contributed by atoms with Crippen LogP contribution in [0.25, 0.3) is 0 Å². The summed E-state index contributed by atoms with van der Waals surface area (Å²) in [5.74, 6) is -2.62. The van der Waals surface area contributed by atoms with Gasteiger partial charge in [0.25, 0.3) is 0 Å². The molecule has 0 heterocycles. The Bertz CT molecular complexity index is 165. The third-order valence-corrected chi connectivity index (χ3v) is 1.37. The molecule has 0 fully saturated rings. The molecule has 0 aliphatic rings. The number of carbonyl (C=O) groups is 2. The monoisotopic (exact) mass is 222 g/mol. The first-order valence-corrected chi connectivity index (χ1v) is 4.69. The van der Waals surface area contributed by atoms with E-state index in [1.807, 2.05) is 0 Å². The lowest BCUT2D eigenvalue weighted by Gasteiger charge is -1.99. The van der Waals surface area contributed by atoms with Gasteiger partial charge in [-0.25, -0.2) is 0 Å².